The molecule has 0 aromatic carbocycles. The summed E-state index contributed by atoms with van der Waals surface area (Å²) < 4.78 is 1.68. The van der Waals surface area contributed by atoms with Crippen molar-refractivity contribution in [2.24, 2.45) is 0 Å². The quantitative estimate of drug-likeness (QED) is 0.843. The van der Waals surface area contributed by atoms with Gasteiger partial charge in [0.05, 0.1) is 8.66 Å². The summed E-state index contributed by atoms with van der Waals surface area (Å²) in [5.41, 5.74) is 0. The lowest BCUT2D eigenvalue weighted by molar-refractivity contribution is 0.0834. The molecule has 0 saturated carbocycles. The molecule has 0 bridgehead atoms. The van der Waals surface area contributed by atoms with E-state index in [1.54, 1.807) is 6.07 Å². The van der Waals surface area contributed by atoms with E-state index in [0.29, 0.717) is 18.0 Å². The van der Waals surface area contributed by atoms with Gasteiger partial charge in [0.2, 0.25) is 0 Å². The van der Waals surface area contributed by atoms with Gasteiger partial charge in [0.1, 0.15) is 0 Å². The second kappa shape index (κ2) is 4.23. The van der Waals surface area contributed by atoms with E-state index in [2.05, 4.69) is 37.2 Å². The summed E-state index contributed by atoms with van der Waals surface area (Å²) >= 11 is 7.92. The monoisotopic (exact) mass is 352 g/mol. The molecule has 0 aliphatic carbocycles. The maximum absolute atomic E-state index is 11.9. The van der Waals surface area contributed by atoms with Crippen molar-refractivity contribution in [1.29, 1.82) is 0 Å². The number of imide groups is 1. The van der Waals surface area contributed by atoms with Crippen LogP contribution >= 0.6 is 43.2 Å². The number of rotatable bonds is 1. The predicted octanol–water partition coefficient (Wildman–Crippen LogP) is 2.44. The Hall–Kier alpha value is -0.400. The Morgan fingerprint density at radius 2 is 2.27 bits per heavy atom. The summed E-state index contributed by atoms with van der Waals surface area (Å²) in [6.45, 7) is 0.961. The van der Waals surface area contributed by atoms with Crippen molar-refractivity contribution in [3.63, 3.8) is 0 Å². The van der Waals surface area contributed by atoms with Crippen LogP contribution in [0, 0.1) is 0 Å². The Kier molecular flexibility index (Phi) is 3.13. The third-order valence-corrected chi connectivity index (χ3v) is 5.20. The smallest absolute Gasteiger partial charge is 0.324 e. The molecule has 4 nitrogen and oxygen atoms in total. The SMILES string of the molecule is O=C1NCCN1C(=O)c1cc(Br)c(Br)s1. The van der Waals surface area contributed by atoms with Gasteiger partial charge in [0.15, 0.2) is 0 Å². The Morgan fingerprint density at radius 3 is 2.73 bits per heavy atom. The molecule has 0 radical (unpaired) electrons. The summed E-state index contributed by atoms with van der Waals surface area (Å²) in [5, 5.41) is 2.59. The molecular formula is C8H6Br2N2O2S. The molecule has 1 fully saturated rings. The van der Waals surface area contributed by atoms with E-state index in [0.717, 1.165) is 8.26 Å². The number of nitrogens with zero attached hydrogens (tertiary/aromatic N) is 1. The summed E-state index contributed by atoms with van der Waals surface area (Å²) in [5.74, 6) is -0.249. The summed E-state index contributed by atoms with van der Waals surface area (Å²) in [7, 11) is 0. The van der Waals surface area contributed by atoms with Crippen LogP contribution in [-0.2, 0) is 0 Å². The average Bonchev–Trinajstić information content (AvgIpc) is 2.74. The summed E-state index contributed by atoms with van der Waals surface area (Å²) in [4.78, 5) is 24.9. The number of carbonyl (C=O) groups excluding carboxylic acids is 2. The molecule has 0 spiro atoms. The highest BCUT2D eigenvalue weighted by Crippen LogP contribution is 2.33. The largest absolute Gasteiger partial charge is 0.336 e. The maximum Gasteiger partial charge on any atom is 0.324 e. The van der Waals surface area contributed by atoms with Crippen LogP contribution < -0.4 is 5.32 Å². The van der Waals surface area contributed by atoms with Gasteiger partial charge in [-0.25, -0.2) is 4.79 Å². The highest BCUT2D eigenvalue weighted by Gasteiger charge is 2.28. The Balaban J connectivity index is 2.24. The molecule has 1 aliphatic heterocycles. The standard InChI is InChI=1S/C8H6Br2N2O2S/c9-4-3-5(15-6(4)10)7(13)12-2-1-11-8(12)14/h3H,1-2H2,(H,11,14). The zero-order valence-corrected chi connectivity index (χ0v) is 11.4. The van der Waals surface area contributed by atoms with Gasteiger partial charge in [-0.05, 0) is 37.9 Å². The fourth-order valence-electron chi connectivity index (χ4n) is 1.25. The van der Waals surface area contributed by atoms with Crippen molar-refractivity contribution < 1.29 is 9.59 Å². The van der Waals surface area contributed by atoms with Crippen LogP contribution in [0.4, 0.5) is 4.79 Å². The van der Waals surface area contributed by atoms with Gasteiger partial charge < -0.3 is 5.32 Å². The topological polar surface area (TPSA) is 49.4 Å². The molecule has 80 valence electrons. The van der Waals surface area contributed by atoms with Crippen LogP contribution in [-0.4, -0.2) is 29.9 Å². The van der Waals surface area contributed by atoms with E-state index in [9.17, 15) is 9.59 Å². The Labute approximate surface area is 107 Å². The van der Waals surface area contributed by atoms with Crippen LogP contribution in [0.3, 0.4) is 0 Å². The molecule has 1 aromatic rings. The molecule has 1 aromatic heterocycles. The van der Waals surface area contributed by atoms with Gasteiger partial charge in [-0.15, -0.1) is 11.3 Å². The number of nitrogens with one attached hydrogen (secondary N) is 1. The Bertz CT molecular complexity index is 413. The fraction of sp³-hybridized carbons (Fsp3) is 0.250. The summed E-state index contributed by atoms with van der Waals surface area (Å²) in [6, 6.07) is 1.39. The van der Waals surface area contributed by atoms with E-state index in [4.69, 9.17) is 0 Å². The zero-order valence-electron chi connectivity index (χ0n) is 7.42. The first-order chi connectivity index (χ1) is 7.09. The first-order valence-electron chi connectivity index (χ1n) is 4.14. The van der Waals surface area contributed by atoms with Crippen LogP contribution in [0.25, 0.3) is 0 Å². The van der Waals surface area contributed by atoms with E-state index < -0.39 is 0 Å². The van der Waals surface area contributed by atoms with Crippen molar-refractivity contribution in [1.82, 2.24) is 10.2 Å². The van der Waals surface area contributed by atoms with Gasteiger partial charge in [0, 0.05) is 17.6 Å². The minimum Gasteiger partial charge on any atom is -0.336 e. The Morgan fingerprint density at radius 1 is 1.53 bits per heavy atom. The lowest BCUT2D eigenvalue weighted by Gasteiger charge is -2.09. The molecule has 0 atom stereocenters. The minimum atomic E-state index is -0.319. The molecule has 1 N–H and O–H groups in total. The molecule has 1 saturated heterocycles. The van der Waals surface area contributed by atoms with Crippen LogP contribution in [0.5, 0.6) is 0 Å². The van der Waals surface area contributed by atoms with Crippen LogP contribution in [0.2, 0.25) is 0 Å². The molecule has 15 heavy (non-hydrogen) atoms. The predicted molar refractivity (Wildman–Crippen MR) is 64.2 cm³/mol. The highest BCUT2D eigenvalue weighted by atomic mass is 79.9. The number of amides is 3. The van der Waals surface area contributed by atoms with Gasteiger partial charge in [-0.2, -0.15) is 0 Å². The van der Waals surface area contributed by atoms with E-state index in [1.165, 1.54) is 16.2 Å². The number of hydrogen-bond donors (Lipinski definition) is 1. The van der Waals surface area contributed by atoms with Crippen LogP contribution in [0.15, 0.2) is 14.3 Å². The molecule has 2 heterocycles. The number of carbonyl (C=O) groups is 2. The third kappa shape index (κ3) is 2.09. The minimum absolute atomic E-state index is 0.249. The van der Waals surface area contributed by atoms with Crippen molar-refractivity contribution >= 4 is 55.1 Å². The van der Waals surface area contributed by atoms with Gasteiger partial charge in [0.25, 0.3) is 5.91 Å². The molecule has 0 unspecified atom stereocenters. The van der Waals surface area contributed by atoms with E-state index in [1.807, 2.05) is 0 Å². The normalized spacial score (nSPS) is 15.6. The fourth-order valence-corrected chi connectivity index (χ4v) is 3.24. The molecule has 3 amide bonds. The molecule has 1 aliphatic rings. The number of hydrogen-bond acceptors (Lipinski definition) is 3. The van der Waals surface area contributed by atoms with E-state index >= 15 is 0 Å². The lowest BCUT2D eigenvalue weighted by atomic mass is 10.4. The first-order valence-corrected chi connectivity index (χ1v) is 6.54. The lowest BCUT2D eigenvalue weighted by Crippen LogP contribution is -2.33. The second-order valence-corrected chi connectivity index (χ2v) is 6.15. The molecule has 7 heteroatoms. The molecular weight excluding hydrogens is 348 g/mol. The first kappa shape index (κ1) is 11.1. The van der Waals surface area contributed by atoms with Crippen molar-refractivity contribution in [2.45, 2.75) is 0 Å². The van der Waals surface area contributed by atoms with Crippen LogP contribution in [0.1, 0.15) is 9.67 Å². The maximum atomic E-state index is 11.9. The number of urea groups is 1. The van der Waals surface area contributed by atoms with Crippen molar-refractivity contribution in [3.05, 3.63) is 19.2 Å². The number of thiophene rings is 1. The second-order valence-electron chi connectivity index (χ2n) is 2.92. The molecule has 2 rings (SSSR count). The summed E-state index contributed by atoms with van der Waals surface area (Å²) in [6.07, 6.45) is 0. The average molecular weight is 354 g/mol. The highest BCUT2D eigenvalue weighted by molar-refractivity contribution is 9.13. The van der Waals surface area contributed by atoms with E-state index in [-0.39, 0.29) is 11.9 Å². The van der Waals surface area contributed by atoms with Gasteiger partial charge >= 0.3 is 6.03 Å². The zero-order chi connectivity index (χ0) is 11.0. The van der Waals surface area contributed by atoms with Gasteiger partial charge in [-0.3, -0.25) is 9.69 Å². The van der Waals surface area contributed by atoms with Crippen molar-refractivity contribution in [2.75, 3.05) is 13.1 Å². The number of halogens is 2. The third-order valence-electron chi connectivity index (χ3n) is 1.96. The van der Waals surface area contributed by atoms with Crippen molar-refractivity contribution in [3.8, 4) is 0 Å². The van der Waals surface area contributed by atoms with Gasteiger partial charge in [-0.1, -0.05) is 0 Å².